The predicted octanol–water partition coefficient (Wildman–Crippen LogP) is 3.39. The van der Waals surface area contributed by atoms with Crippen LogP contribution >= 0.6 is 26.6 Å². The molecule has 1 rings (SSSR count). The van der Waals surface area contributed by atoms with Crippen LogP contribution in [0.25, 0.3) is 0 Å². The van der Waals surface area contributed by atoms with E-state index in [2.05, 4.69) is 15.9 Å². The van der Waals surface area contributed by atoms with Gasteiger partial charge in [-0.2, -0.15) is 0 Å². The van der Waals surface area contributed by atoms with Crippen molar-refractivity contribution in [2.75, 3.05) is 13.1 Å². The molecular weight excluding hydrogens is 373 g/mol. The third kappa shape index (κ3) is 3.93. The third-order valence-corrected chi connectivity index (χ3v) is 4.96. The van der Waals surface area contributed by atoms with Crippen molar-refractivity contribution < 1.29 is 17.6 Å². The Morgan fingerprint density at radius 3 is 2.45 bits per heavy atom. The van der Waals surface area contributed by atoms with Crippen LogP contribution in [0.3, 0.4) is 0 Å². The molecule has 8 heteroatoms. The van der Waals surface area contributed by atoms with Gasteiger partial charge in [0.2, 0.25) is 0 Å². The lowest BCUT2D eigenvalue weighted by Crippen LogP contribution is -2.32. The summed E-state index contributed by atoms with van der Waals surface area (Å²) in [4.78, 5) is 13.3. The van der Waals surface area contributed by atoms with Crippen LogP contribution in [0.5, 0.6) is 0 Å². The highest BCUT2D eigenvalue weighted by atomic mass is 79.9. The Kier molecular flexibility index (Phi) is 5.97. The summed E-state index contributed by atoms with van der Waals surface area (Å²) in [5.74, 6) is -1.35. The fourth-order valence-corrected chi connectivity index (χ4v) is 3.89. The lowest BCUT2D eigenvalue weighted by Gasteiger charge is -2.20. The standard InChI is InChI=1S/C12H14BrClFNO3S/c1-3-5-16(4-2)12(17)8-6-11(20(14,18)19)9(13)7-10(8)15/h6-7H,3-5H2,1-2H3. The molecule has 0 aliphatic heterocycles. The minimum Gasteiger partial charge on any atom is -0.339 e. The van der Waals surface area contributed by atoms with Crippen LogP contribution in [0.1, 0.15) is 30.6 Å². The summed E-state index contributed by atoms with van der Waals surface area (Å²) in [6.45, 7) is 4.53. The van der Waals surface area contributed by atoms with Gasteiger partial charge in [0.05, 0.1) is 10.5 Å². The molecule has 0 fully saturated rings. The van der Waals surface area contributed by atoms with Crippen molar-refractivity contribution >= 4 is 41.6 Å². The number of carbonyl (C=O) groups is 1. The fraction of sp³-hybridized carbons (Fsp3) is 0.417. The minimum absolute atomic E-state index is 0.0138. The van der Waals surface area contributed by atoms with E-state index in [9.17, 15) is 17.6 Å². The van der Waals surface area contributed by atoms with Gasteiger partial charge in [0.15, 0.2) is 0 Å². The molecule has 0 radical (unpaired) electrons. The van der Waals surface area contributed by atoms with E-state index in [0.29, 0.717) is 13.1 Å². The molecule has 0 aliphatic carbocycles. The Balaban J connectivity index is 3.35. The van der Waals surface area contributed by atoms with Crippen LogP contribution in [0.15, 0.2) is 21.5 Å². The normalized spacial score (nSPS) is 11.4. The summed E-state index contributed by atoms with van der Waals surface area (Å²) in [5.41, 5.74) is -0.303. The van der Waals surface area contributed by atoms with E-state index in [0.717, 1.165) is 18.6 Å². The maximum Gasteiger partial charge on any atom is 0.262 e. The summed E-state index contributed by atoms with van der Waals surface area (Å²) < 4.78 is 36.7. The van der Waals surface area contributed by atoms with E-state index in [4.69, 9.17) is 10.7 Å². The first-order chi connectivity index (χ1) is 9.22. The van der Waals surface area contributed by atoms with E-state index in [-0.39, 0.29) is 14.9 Å². The molecule has 0 aliphatic rings. The second-order valence-corrected chi connectivity index (χ2v) is 7.47. The molecule has 0 N–H and O–H groups in total. The van der Waals surface area contributed by atoms with E-state index < -0.39 is 20.8 Å². The van der Waals surface area contributed by atoms with Gasteiger partial charge in [0.1, 0.15) is 5.82 Å². The van der Waals surface area contributed by atoms with Gasteiger partial charge in [0, 0.05) is 28.2 Å². The van der Waals surface area contributed by atoms with E-state index in [1.165, 1.54) is 4.90 Å². The summed E-state index contributed by atoms with van der Waals surface area (Å²) in [6.07, 6.45) is 0.721. The highest BCUT2D eigenvalue weighted by Gasteiger charge is 2.23. The number of rotatable bonds is 5. The molecule has 0 unspecified atom stereocenters. The predicted molar refractivity (Wildman–Crippen MR) is 79.0 cm³/mol. The fourth-order valence-electron chi connectivity index (χ4n) is 1.72. The first-order valence-electron chi connectivity index (χ1n) is 5.95. The second kappa shape index (κ2) is 6.87. The quantitative estimate of drug-likeness (QED) is 0.729. The lowest BCUT2D eigenvalue weighted by atomic mass is 10.2. The molecule has 0 saturated carbocycles. The molecule has 0 atom stereocenters. The van der Waals surface area contributed by atoms with Crippen LogP contribution in [-0.2, 0) is 9.05 Å². The largest absolute Gasteiger partial charge is 0.339 e. The number of hydrogen-bond acceptors (Lipinski definition) is 3. The highest BCUT2D eigenvalue weighted by Crippen LogP contribution is 2.28. The Bertz CT molecular complexity index is 621. The van der Waals surface area contributed by atoms with Crippen LogP contribution in [0.2, 0.25) is 0 Å². The average Bonchev–Trinajstić information content (AvgIpc) is 2.33. The maximum absolute atomic E-state index is 13.9. The van der Waals surface area contributed by atoms with Gasteiger partial charge in [-0.3, -0.25) is 4.79 Å². The Labute approximate surface area is 130 Å². The van der Waals surface area contributed by atoms with E-state index >= 15 is 0 Å². The highest BCUT2D eigenvalue weighted by molar-refractivity contribution is 9.10. The zero-order valence-electron chi connectivity index (χ0n) is 11.0. The van der Waals surface area contributed by atoms with Gasteiger partial charge in [-0.05, 0) is 41.4 Å². The van der Waals surface area contributed by atoms with Crippen LogP contribution < -0.4 is 0 Å². The summed E-state index contributed by atoms with van der Waals surface area (Å²) in [6, 6.07) is 1.89. The Morgan fingerprint density at radius 1 is 1.40 bits per heavy atom. The number of nitrogens with zero attached hydrogens (tertiary/aromatic N) is 1. The number of halogens is 3. The first kappa shape index (κ1) is 17.4. The molecule has 0 bridgehead atoms. The van der Waals surface area contributed by atoms with Crippen molar-refractivity contribution in [3.63, 3.8) is 0 Å². The minimum atomic E-state index is -4.06. The van der Waals surface area contributed by atoms with Crippen molar-refractivity contribution in [2.45, 2.75) is 25.2 Å². The molecule has 0 aromatic heterocycles. The number of carbonyl (C=O) groups excluding carboxylic acids is 1. The van der Waals surface area contributed by atoms with Crippen molar-refractivity contribution in [2.24, 2.45) is 0 Å². The zero-order valence-corrected chi connectivity index (χ0v) is 14.1. The molecule has 112 valence electrons. The van der Waals surface area contributed by atoms with Gasteiger partial charge in [-0.25, -0.2) is 12.8 Å². The average molecular weight is 387 g/mol. The van der Waals surface area contributed by atoms with Gasteiger partial charge < -0.3 is 4.90 Å². The van der Waals surface area contributed by atoms with E-state index in [1.807, 2.05) is 6.92 Å². The van der Waals surface area contributed by atoms with Gasteiger partial charge >= 0.3 is 0 Å². The molecule has 0 heterocycles. The van der Waals surface area contributed by atoms with Crippen molar-refractivity contribution in [3.8, 4) is 0 Å². The number of amides is 1. The lowest BCUT2D eigenvalue weighted by molar-refractivity contribution is 0.0759. The van der Waals surface area contributed by atoms with Crippen molar-refractivity contribution in [1.29, 1.82) is 0 Å². The maximum atomic E-state index is 13.9. The Hall–Kier alpha value is -0.660. The molecule has 1 amide bonds. The number of hydrogen-bond donors (Lipinski definition) is 0. The summed E-state index contributed by atoms with van der Waals surface area (Å²) in [5, 5.41) is 0. The topological polar surface area (TPSA) is 54.5 Å². The van der Waals surface area contributed by atoms with Crippen LogP contribution in [0, 0.1) is 5.82 Å². The molecule has 0 saturated heterocycles. The van der Waals surface area contributed by atoms with Crippen molar-refractivity contribution in [1.82, 2.24) is 4.90 Å². The summed E-state index contributed by atoms with van der Waals surface area (Å²) in [7, 11) is 1.20. The van der Waals surface area contributed by atoms with Crippen molar-refractivity contribution in [3.05, 3.63) is 28.0 Å². The second-order valence-electron chi connectivity index (χ2n) is 4.09. The van der Waals surface area contributed by atoms with Gasteiger partial charge in [-0.1, -0.05) is 6.92 Å². The third-order valence-electron chi connectivity index (χ3n) is 2.68. The van der Waals surface area contributed by atoms with Gasteiger partial charge in [0.25, 0.3) is 15.0 Å². The smallest absolute Gasteiger partial charge is 0.262 e. The first-order valence-corrected chi connectivity index (χ1v) is 9.05. The summed E-state index contributed by atoms with van der Waals surface area (Å²) >= 11 is 2.92. The van der Waals surface area contributed by atoms with E-state index in [1.54, 1.807) is 6.92 Å². The monoisotopic (exact) mass is 385 g/mol. The van der Waals surface area contributed by atoms with Crippen LogP contribution in [0.4, 0.5) is 4.39 Å². The molecule has 20 heavy (non-hydrogen) atoms. The van der Waals surface area contributed by atoms with Crippen LogP contribution in [-0.4, -0.2) is 32.3 Å². The SMILES string of the molecule is CCCN(CC)C(=O)c1cc(S(=O)(=O)Cl)c(Br)cc1F. The zero-order chi connectivity index (χ0) is 15.5. The molecule has 1 aromatic rings. The molecule has 1 aromatic carbocycles. The number of benzene rings is 1. The molecule has 0 spiro atoms. The Morgan fingerprint density at radius 2 is 2.00 bits per heavy atom. The molecular formula is C12H14BrClFNO3S. The molecule has 4 nitrogen and oxygen atoms in total. The van der Waals surface area contributed by atoms with Gasteiger partial charge in [-0.15, -0.1) is 0 Å².